The van der Waals surface area contributed by atoms with E-state index in [0.29, 0.717) is 0 Å². The Balaban J connectivity index is 2.77. The fourth-order valence-electron chi connectivity index (χ4n) is 1.36. The average molecular weight is 208 g/mol. The molecule has 0 aromatic heterocycles. The smallest absolute Gasteiger partial charge is 0.247 e. The summed E-state index contributed by atoms with van der Waals surface area (Å²) in [5, 5.41) is 0. The molecule has 0 bridgehead atoms. The molecule has 0 aliphatic rings. The largest absolute Gasteiger partial charge is 0.544 e. The number of rotatable bonds is 4. The molecule has 2 heteroatoms. The summed E-state index contributed by atoms with van der Waals surface area (Å²) in [7, 11) is -1.46. The van der Waals surface area contributed by atoms with Crippen LogP contribution in [0.4, 0.5) is 0 Å². The van der Waals surface area contributed by atoms with E-state index in [1.807, 2.05) is 0 Å². The van der Waals surface area contributed by atoms with Crippen LogP contribution in [-0.2, 0) is 0 Å². The van der Waals surface area contributed by atoms with Gasteiger partial charge in [-0.3, -0.25) is 0 Å². The van der Waals surface area contributed by atoms with E-state index in [1.165, 1.54) is 17.7 Å². The highest BCUT2D eigenvalue weighted by Gasteiger charge is 2.25. The van der Waals surface area contributed by atoms with E-state index in [4.69, 9.17) is 4.43 Å². The molecule has 0 fully saturated rings. The van der Waals surface area contributed by atoms with Crippen molar-refractivity contribution in [3.63, 3.8) is 0 Å². The summed E-state index contributed by atoms with van der Waals surface area (Å²) < 4.78 is 6.12. The lowest BCUT2D eigenvalue weighted by atomic mass is 10.2. The zero-order chi connectivity index (χ0) is 10.6. The van der Waals surface area contributed by atoms with E-state index < -0.39 is 8.32 Å². The van der Waals surface area contributed by atoms with Crippen molar-refractivity contribution in [1.82, 2.24) is 0 Å². The molecule has 0 heterocycles. The van der Waals surface area contributed by atoms with Crippen LogP contribution in [0.3, 0.4) is 0 Å². The monoisotopic (exact) mass is 208 g/mol. The molecule has 0 aliphatic carbocycles. The third kappa shape index (κ3) is 2.88. The molecule has 0 atom stereocenters. The summed E-state index contributed by atoms with van der Waals surface area (Å²) in [6, 6.07) is 10.7. The van der Waals surface area contributed by atoms with Crippen LogP contribution in [0.15, 0.2) is 24.3 Å². The summed E-state index contributed by atoms with van der Waals surface area (Å²) in [6.45, 7) is 8.86. The summed E-state index contributed by atoms with van der Waals surface area (Å²) >= 11 is 0. The van der Waals surface area contributed by atoms with Gasteiger partial charge in [-0.15, -0.1) is 0 Å². The van der Waals surface area contributed by atoms with Crippen molar-refractivity contribution < 1.29 is 4.43 Å². The summed E-state index contributed by atoms with van der Waals surface area (Å²) in [5.41, 5.74) is 1.27. The van der Waals surface area contributed by atoms with Crippen LogP contribution >= 0.6 is 0 Å². The van der Waals surface area contributed by atoms with Crippen LogP contribution in [0.25, 0.3) is 0 Å². The maximum absolute atomic E-state index is 6.12. The van der Waals surface area contributed by atoms with Crippen molar-refractivity contribution in [3.8, 4) is 5.75 Å². The Morgan fingerprint density at radius 2 is 1.86 bits per heavy atom. The second-order valence-corrected chi connectivity index (χ2v) is 8.59. The first-order valence-electron chi connectivity index (χ1n) is 5.35. The molecule has 0 N–H and O–H groups in total. The molecular formula is C12H20OSi. The molecule has 1 rings (SSSR count). The van der Waals surface area contributed by atoms with Crippen LogP contribution in [0, 0.1) is 6.92 Å². The van der Waals surface area contributed by atoms with Crippen molar-refractivity contribution >= 4 is 8.32 Å². The van der Waals surface area contributed by atoms with Gasteiger partial charge in [0.25, 0.3) is 0 Å². The topological polar surface area (TPSA) is 9.23 Å². The summed E-state index contributed by atoms with van der Waals surface area (Å²) in [4.78, 5) is 0. The van der Waals surface area contributed by atoms with Crippen LogP contribution in [0.5, 0.6) is 5.75 Å². The molecule has 0 radical (unpaired) electrons. The predicted molar refractivity (Wildman–Crippen MR) is 64.4 cm³/mol. The van der Waals surface area contributed by atoms with E-state index in [2.05, 4.69) is 51.6 Å². The van der Waals surface area contributed by atoms with Gasteiger partial charge in [-0.2, -0.15) is 0 Å². The van der Waals surface area contributed by atoms with Gasteiger partial charge < -0.3 is 4.43 Å². The zero-order valence-electron chi connectivity index (χ0n) is 9.63. The predicted octanol–water partition coefficient (Wildman–Crippen LogP) is 3.99. The first-order chi connectivity index (χ1) is 6.59. The normalized spacial score (nSPS) is 11.4. The summed E-state index contributed by atoms with van der Waals surface area (Å²) in [6.07, 6.45) is 0. The molecule has 1 nitrogen and oxygen atoms in total. The number of benzene rings is 1. The van der Waals surface area contributed by atoms with Gasteiger partial charge in [-0.05, 0) is 43.3 Å². The lowest BCUT2D eigenvalue weighted by Crippen LogP contribution is -2.36. The number of hydrogen-bond acceptors (Lipinski definition) is 1. The molecule has 0 unspecified atom stereocenters. The maximum Gasteiger partial charge on any atom is 0.247 e. The second-order valence-electron chi connectivity index (χ2n) is 4.08. The molecule has 1 aromatic rings. The van der Waals surface area contributed by atoms with Gasteiger partial charge in [0.05, 0.1) is 0 Å². The van der Waals surface area contributed by atoms with Gasteiger partial charge in [-0.25, -0.2) is 0 Å². The fraction of sp³-hybridized carbons (Fsp3) is 0.500. The van der Waals surface area contributed by atoms with Crippen molar-refractivity contribution in [2.24, 2.45) is 0 Å². The van der Waals surface area contributed by atoms with Gasteiger partial charge in [0.15, 0.2) is 0 Å². The van der Waals surface area contributed by atoms with Crippen molar-refractivity contribution in [2.45, 2.75) is 39.4 Å². The lowest BCUT2D eigenvalue weighted by molar-refractivity contribution is 0.540. The highest BCUT2D eigenvalue weighted by molar-refractivity contribution is 6.73. The first kappa shape index (κ1) is 11.3. The molecule has 0 saturated carbocycles. The van der Waals surface area contributed by atoms with E-state index in [0.717, 1.165) is 5.75 Å². The Morgan fingerprint density at radius 1 is 1.21 bits per heavy atom. The molecule has 0 spiro atoms. The molecule has 0 saturated heterocycles. The highest BCUT2D eigenvalue weighted by Crippen LogP contribution is 2.22. The number of aryl methyl sites for hydroxylation is 1. The molecular weight excluding hydrogens is 188 g/mol. The van der Waals surface area contributed by atoms with Crippen molar-refractivity contribution in [3.05, 3.63) is 29.8 Å². The van der Waals surface area contributed by atoms with Crippen molar-refractivity contribution in [2.75, 3.05) is 0 Å². The van der Waals surface area contributed by atoms with Gasteiger partial charge in [0.2, 0.25) is 8.32 Å². The Bertz CT molecular complexity index is 292. The Labute approximate surface area is 88.2 Å². The Kier molecular flexibility index (Phi) is 3.75. The molecule has 1 aromatic carbocycles. The highest BCUT2D eigenvalue weighted by atomic mass is 28.4. The minimum atomic E-state index is -1.46. The lowest BCUT2D eigenvalue weighted by Gasteiger charge is -2.25. The third-order valence-corrected chi connectivity index (χ3v) is 6.57. The average Bonchev–Trinajstić information content (AvgIpc) is 2.18. The van der Waals surface area contributed by atoms with Crippen LogP contribution < -0.4 is 4.43 Å². The van der Waals surface area contributed by atoms with E-state index >= 15 is 0 Å². The van der Waals surface area contributed by atoms with Crippen molar-refractivity contribution in [1.29, 1.82) is 0 Å². The first-order valence-corrected chi connectivity index (χ1v) is 8.17. The Morgan fingerprint density at radius 3 is 2.36 bits per heavy atom. The minimum Gasteiger partial charge on any atom is -0.544 e. The molecule has 14 heavy (non-hydrogen) atoms. The van der Waals surface area contributed by atoms with Gasteiger partial charge in [0, 0.05) is 0 Å². The van der Waals surface area contributed by atoms with Crippen LogP contribution in [-0.4, -0.2) is 8.32 Å². The SMILES string of the molecule is CC[Si](C)(CC)Oc1cccc(C)c1. The molecule has 0 aliphatic heterocycles. The minimum absolute atomic E-state index is 1.04. The van der Waals surface area contributed by atoms with Gasteiger partial charge >= 0.3 is 0 Å². The Hall–Kier alpha value is -0.763. The molecule has 78 valence electrons. The van der Waals surface area contributed by atoms with E-state index in [-0.39, 0.29) is 0 Å². The number of hydrogen-bond donors (Lipinski definition) is 0. The molecule has 0 amide bonds. The third-order valence-electron chi connectivity index (χ3n) is 2.85. The summed E-state index contributed by atoms with van der Waals surface area (Å²) in [5.74, 6) is 1.04. The quantitative estimate of drug-likeness (QED) is 0.680. The zero-order valence-corrected chi connectivity index (χ0v) is 10.6. The van der Waals surface area contributed by atoms with Crippen LogP contribution in [0.2, 0.25) is 18.6 Å². The maximum atomic E-state index is 6.12. The standard InChI is InChI=1S/C12H20OSi/c1-5-14(4,6-2)13-12-9-7-8-11(3)10-12/h7-10H,5-6H2,1-4H3. The van der Waals surface area contributed by atoms with Crippen LogP contribution in [0.1, 0.15) is 19.4 Å². The van der Waals surface area contributed by atoms with Gasteiger partial charge in [0.1, 0.15) is 5.75 Å². The van der Waals surface area contributed by atoms with E-state index in [9.17, 15) is 0 Å². The second kappa shape index (κ2) is 4.65. The van der Waals surface area contributed by atoms with E-state index in [1.54, 1.807) is 0 Å². The fourth-order valence-corrected chi connectivity index (χ4v) is 2.84. The van der Waals surface area contributed by atoms with Gasteiger partial charge in [-0.1, -0.05) is 26.0 Å².